The average Bonchev–Trinajstić information content (AvgIpc) is 2.67. The molecule has 0 fully saturated rings. The SMILES string of the molecule is CCOC(=O)COC(=O)n1cccc1. The summed E-state index contributed by atoms with van der Waals surface area (Å²) in [5.74, 6) is -0.548. The Morgan fingerprint density at radius 3 is 2.43 bits per heavy atom. The maximum atomic E-state index is 11.1. The first kappa shape index (κ1) is 10.3. The lowest BCUT2D eigenvalue weighted by Gasteiger charge is -2.04. The van der Waals surface area contributed by atoms with E-state index in [-0.39, 0.29) is 13.2 Å². The Kier molecular flexibility index (Phi) is 3.72. The number of ether oxygens (including phenoxy) is 2. The summed E-state index contributed by atoms with van der Waals surface area (Å²) in [6, 6.07) is 3.37. The van der Waals surface area contributed by atoms with Gasteiger partial charge in [0, 0.05) is 12.4 Å². The third-order valence-electron chi connectivity index (χ3n) is 1.43. The van der Waals surface area contributed by atoms with Crippen LogP contribution in [0.5, 0.6) is 0 Å². The fraction of sp³-hybridized carbons (Fsp3) is 0.333. The van der Waals surface area contributed by atoms with Gasteiger partial charge >= 0.3 is 12.1 Å². The van der Waals surface area contributed by atoms with Crippen LogP contribution in [0.3, 0.4) is 0 Å². The van der Waals surface area contributed by atoms with Crippen LogP contribution in [-0.4, -0.2) is 29.8 Å². The minimum atomic E-state index is -0.594. The second kappa shape index (κ2) is 5.06. The molecule has 0 aliphatic heterocycles. The van der Waals surface area contributed by atoms with Crippen molar-refractivity contribution in [3.05, 3.63) is 24.5 Å². The van der Waals surface area contributed by atoms with E-state index < -0.39 is 12.1 Å². The van der Waals surface area contributed by atoms with Gasteiger partial charge in [-0.1, -0.05) is 0 Å². The Morgan fingerprint density at radius 1 is 1.21 bits per heavy atom. The Labute approximate surface area is 81.2 Å². The van der Waals surface area contributed by atoms with E-state index in [2.05, 4.69) is 9.47 Å². The lowest BCUT2D eigenvalue weighted by molar-refractivity contribution is -0.146. The number of esters is 1. The van der Waals surface area contributed by atoms with Crippen LogP contribution in [0.4, 0.5) is 4.79 Å². The van der Waals surface area contributed by atoms with E-state index >= 15 is 0 Å². The van der Waals surface area contributed by atoms with E-state index in [0.29, 0.717) is 0 Å². The zero-order valence-corrected chi connectivity index (χ0v) is 7.80. The minimum Gasteiger partial charge on any atom is -0.463 e. The largest absolute Gasteiger partial charge is 0.463 e. The Balaban J connectivity index is 2.32. The molecular weight excluding hydrogens is 186 g/mol. The van der Waals surface area contributed by atoms with E-state index in [9.17, 15) is 9.59 Å². The molecule has 0 amide bonds. The number of aromatic nitrogens is 1. The molecule has 5 nitrogen and oxygen atoms in total. The molecule has 14 heavy (non-hydrogen) atoms. The van der Waals surface area contributed by atoms with E-state index in [4.69, 9.17) is 0 Å². The topological polar surface area (TPSA) is 57.5 Å². The molecule has 1 rings (SSSR count). The van der Waals surface area contributed by atoms with E-state index in [1.54, 1.807) is 19.1 Å². The smallest absolute Gasteiger partial charge is 0.418 e. The molecule has 0 saturated carbocycles. The van der Waals surface area contributed by atoms with Crippen molar-refractivity contribution >= 4 is 12.1 Å². The maximum absolute atomic E-state index is 11.1. The molecule has 0 spiro atoms. The summed E-state index contributed by atoms with van der Waals surface area (Å²) in [5, 5.41) is 0. The number of hydrogen-bond donors (Lipinski definition) is 0. The van der Waals surface area contributed by atoms with Gasteiger partial charge in [-0.3, -0.25) is 4.57 Å². The number of rotatable bonds is 3. The highest BCUT2D eigenvalue weighted by molar-refractivity contribution is 5.76. The highest BCUT2D eigenvalue weighted by Crippen LogP contribution is 1.93. The van der Waals surface area contributed by atoms with Crippen LogP contribution in [0.2, 0.25) is 0 Å². The third-order valence-corrected chi connectivity index (χ3v) is 1.43. The standard InChI is InChI=1S/C9H11NO4/c1-2-13-8(11)7-14-9(12)10-5-3-4-6-10/h3-6H,2,7H2,1H3. The number of carbonyl (C=O) groups excluding carboxylic acids is 2. The summed E-state index contributed by atoms with van der Waals surface area (Å²) < 4.78 is 10.5. The Morgan fingerprint density at radius 2 is 1.86 bits per heavy atom. The molecule has 0 bridgehead atoms. The van der Waals surface area contributed by atoms with Gasteiger partial charge in [0.1, 0.15) is 0 Å². The zero-order chi connectivity index (χ0) is 10.4. The zero-order valence-electron chi connectivity index (χ0n) is 7.80. The van der Waals surface area contributed by atoms with Crippen LogP contribution in [0.25, 0.3) is 0 Å². The van der Waals surface area contributed by atoms with E-state index in [1.165, 1.54) is 17.0 Å². The van der Waals surface area contributed by atoms with Crippen LogP contribution in [-0.2, 0) is 14.3 Å². The van der Waals surface area contributed by atoms with Crippen LogP contribution < -0.4 is 0 Å². The molecule has 1 heterocycles. The molecule has 0 N–H and O–H groups in total. The van der Waals surface area contributed by atoms with Gasteiger partial charge in [0.05, 0.1) is 6.61 Å². The average molecular weight is 197 g/mol. The molecule has 0 atom stereocenters. The van der Waals surface area contributed by atoms with Crippen molar-refractivity contribution in [2.24, 2.45) is 0 Å². The highest BCUT2D eigenvalue weighted by Gasteiger charge is 2.08. The summed E-state index contributed by atoms with van der Waals surface area (Å²) in [6.45, 7) is 1.61. The summed E-state index contributed by atoms with van der Waals surface area (Å²) in [5.41, 5.74) is 0. The fourth-order valence-electron chi connectivity index (χ4n) is 0.854. The molecule has 0 aromatic carbocycles. The highest BCUT2D eigenvalue weighted by atomic mass is 16.6. The number of carbonyl (C=O) groups is 2. The molecule has 0 saturated heterocycles. The van der Waals surface area contributed by atoms with Crippen LogP contribution >= 0.6 is 0 Å². The van der Waals surface area contributed by atoms with Gasteiger partial charge < -0.3 is 9.47 Å². The van der Waals surface area contributed by atoms with Gasteiger partial charge in [0.25, 0.3) is 0 Å². The van der Waals surface area contributed by atoms with Crippen LogP contribution in [0, 0.1) is 0 Å². The minimum absolute atomic E-state index is 0.278. The molecule has 0 radical (unpaired) electrons. The first-order chi connectivity index (χ1) is 6.74. The molecule has 76 valence electrons. The predicted molar refractivity (Wildman–Crippen MR) is 47.8 cm³/mol. The van der Waals surface area contributed by atoms with Crippen molar-refractivity contribution < 1.29 is 19.1 Å². The van der Waals surface area contributed by atoms with Crippen LogP contribution in [0.15, 0.2) is 24.5 Å². The van der Waals surface area contributed by atoms with Crippen molar-refractivity contribution in [2.45, 2.75) is 6.92 Å². The quantitative estimate of drug-likeness (QED) is 0.679. The van der Waals surface area contributed by atoms with Crippen LogP contribution in [0.1, 0.15) is 6.92 Å². The second-order valence-electron chi connectivity index (χ2n) is 2.45. The van der Waals surface area contributed by atoms with Gasteiger partial charge in [0.2, 0.25) is 0 Å². The molecular formula is C9H11NO4. The fourth-order valence-corrected chi connectivity index (χ4v) is 0.854. The Hall–Kier alpha value is -1.78. The summed E-state index contributed by atoms with van der Waals surface area (Å²) in [7, 11) is 0. The molecule has 5 heteroatoms. The first-order valence-corrected chi connectivity index (χ1v) is 4.19. The van der Waals surface area contributed by atoms with Crippen molar-refractivity contribution in [1.29, 1.82) is 0 Å². The molecule has 0 unspecified atom stereocenters. The van der Waals surface area contributed by atoms with Crippen molar-refractivity contribution in [2.75, 3.05) is 13.2 Å². The summed E-state index contributed by atoms with van der Waals surface area (Å²) in [6.07, 6.45) is 2.48. The van der Waals surface area contributed by atoms with E-state index in [1.807, 2.05) is 0 Å². The van der Waals surface area contributed by atoms with Gasteiger partial charge in [-0.2, -0.15) is 0 Å². The lowest BCUT2D eigenvalue weighted by atomic mass is 10.7. The Bertz CT molecular complexity index is 305. The third kappa shape index (κ3) is 2.93. The van der Waals surface area contributed by atoms with Gasteiger partial charge in [0.15, 0.2) is 6.61 Å². The molecule has 0 aliphatic carbocycles. The second-order valence-corrected chi connectivity index (χ2v) is 2.45. The molecule has 1 aromatic rings. The molecule has 0 aliphatic rings. The first-order valence-electron chi connectivity index (χ1n) is 4.19. The van der Waals surface area contributed by atoms with E-state index in [0.717, 1.165) is 0 Å². The van der Waals surface area contributed by atoms with Gasteiger partial charge in [-0.15, -0.1) is 0 Å². The van der Waals surface area contributed by atoms with Crippen molar-refractivity contribution in [3.63, 3.8) is 0 Å². The normalized spacial score (nSPS) is 9.50. The van der Waals surface area contributed by atoms with Gasteiger partial charge in [-0.25, -0.2) is 9.59 Å². The maximum Gasteiger partial charge on any atom is 0.418 e. The number of nitrogens with zero attached hydrogens (tertiary/aromatic N) is 1. The predicted octanol–water partition coefficient (Wildman–Crippen LogP) is 1.04. The summed E-state index contributed by atoms with van der Waals surface area (Å²) >= 11 is 0. The van der Waals surface area contributed by atoms with Crippen molar-refractivity contribution in [3.8, 4) is 0 Å². The lowest BCUT2D eigenvalue weighted by Crippen LogP contribution is -2.19. The summed E-state index contributed by atoms with van der Waals surface area (Å²) in [4.78, 5) is 22.0. The van der Waals surface area contributed by atoms with Crippen molar-refractivity contribution in [1.82, 2.24) is 4.57 Å². The number of hydrogen-bond acceptors (Lipinski definition) is 4. The van der Waals surface area contributed by atoms with Gasteiger partial charge in [-0.05, 0) is 19.1 Å². The molecule has 1 aromatic heterocycles. The monoisotopic (exact) mass is 197 g/mol.